The summed E-state index contributed by atoms with van der Waals surface area (Å²) in [5, 5.41) is 3.69. The number of allylic oxidation sites excluding steroid dienone is 2. The van der Waals surface area contributed by atoms with Crippen LogP contribution in [0.15, 0.2) is 46.4 Å². The van der Waals surface area contributed by atoms with Gasteiger partial charge >= 0.3 is 0 Å². The molecule has 3 nitrogen and oxygen atoms in total. The summed E-state index contributed by atoms with van der Waals surface area (Å²) < 4.78 is 0. The van der Waals surface area contributed by atoms with Gasteiger partial charge in [-0.25, -0.2) is 4.99 Å². The van der Waals surface area contributed by atoms with Crippen molar-refractivity contribution in [2.45, 2.75) is 70.3 Å². The van der Waals surface area contributed by atoms with Gasteiger partial charge in [-0.3, -0.25) is 0 Å². The smallest absolute Gasteiger partial charge is 0.0907 e. The lowest BCUT2D eigenvalue weighted by Crippen LogP contribution is -2.23. The topological polar surface area (TPSA) is 40.2 Å². The first kappa shape index (κ1) is 14.8. The molecule has 122 valence electrons. The number of aliphatic imine (C=N–C) groups is 1. The highest BCUT2D eigenvalue weighted by Gasteiger charge is 2.27. The molecule has 0 saturated heterocycles. The molecule has 1 aromatic heterocycles. The first-order valence-electron chi connectivity index (χ1n) is 9.33. The molecule has 0 amide bonds. The van der Waals surface area contributed by atoms with Gasteiger partial charge in [0.15, 0.2) is 0 Å². The van der Waals surface area contributed by atoms with Crippen molar-refractivity contribution in [1.29, 1.82) is 0 Å². The molecule has 0 unspecified atom stereocenters. The lowest BCUT2D eigenvalue weighted by atomic mass is 9.89. The second-order valence-electron chi connectivity index (χ2n) is 7.09. The number of rotatable bonds is 3. The molecule has 1 fully saturated rings. The number of nitrogens with one attached hydrogen (secondary N) is 2. The van der Waals surface area contributed by atoms with Gasteiger partial charge in [-0.15, -0.1) is 0 Å². The summed E-state index contributed by atoms with van der Waals surface area (Å²) in [4.78, 5) is 8.33. The highest BCUT2D eigenvalue weighted by Crippen LogP contribution is 2.37. The molecule has 2 heterocycles. The summed E-state index contributed by atoms with van der Waals surface area (Å²) in [5.74, 6) is 0. The highest BCUT2D eigenvalue weighted by molar-refractivity contribution is 6.15. The third kappa shape index (κ3) is 3.15. The van der Waals surface area contributed by atoms with Gasteiger partial charge < -0.3 is 10.3 Å². The Morgan fingerprint density at radius 3 is 2.52 bits per heavy atom. The predicted molar refractivity (Wildman–Crippen MR) is 95.5 cm³/mol. The van der Waals surface area contributed by atoms with Crippen molar-refractivity contribution in [1.82, 2.24) is 10.3 Å². The average molecular weight is 309 g/mol. The van der Waals surface area contributed by atoms with E-state index in [0.717, 1.165) is 5.69 Å². The summed E-state index contributed by atoms with van der Waals surface area (Å²) in [7, 11) is 0. The van der Waals surface area contributed by atoms with Crippen molar-refractivity contribution in [2.75, 3.05) is 0 Å². The zero-order valence-electron chi connectivity index (χ0n) is 13.9. The minimum Gasteiger partial charge on any atom is -0.386 e. The first-order valence-corrected chi connectivity index (χ1v) is 9.33. The molecule has 0 atom stereocenters. The second-order valence-corrected chi connectivity index (χ2v) is 7.09. The Labute approximate surface area is 139 Å². The van der Waals surface area contributed by atoms with Crippen LogP contribution in [0.1, 0.15) is 69.9 Å². The van der Waals surface area contributed by atoms with E-state index in [1.54, 1.807) is 0 Å². The van der Waals surface area contributed by atoms with Crippen molar-refractivity contribution in [3.63, 3.8) is 0 Å². The van der Waals surface area contributed by atoms with E-state index in [4.69, 9.17) is 4.99 Å². The van der Waals surface area contributed by atoms with E-state index in [0.29, 0.717) is 6.04 Å². The van der Waals surface area contributed by atoms with Crippen LogP contribution in [0.4, 0.5) is 0 Å². The number of nitrogens with zero attached hydrogens (tertiary/aromatic N) is 1. The number of aromatic amines is 1. The monoisotopic (exact) mass is 309 g/mol. The number of hydrogen-bond acceptors (Lipinski definition) is 2. The van der Waals surface area contributed by atoms with Gasteiger partial charge in [0.1, 0.15) is 0 Å². The summed E-state index contributed by atoms with van der Waals surface area (Å²) in [5.41, 5.74) is 6.50. The van der Waals surface area contributed by atoms with Crippen molar-refractivity contribution < 1.29 is 0 Å². The van der Waals surface area contributed by atoms with Gasteiger partial charge in [-0.2, -0.15) is 0 Å². The Bertz CT molecular complexity index is 626. The summed E-state index contributed by atoms with van der Waals surface area (Å²) in [6.45, 7) is 0. The maximum atomic E-state index is 4.99. The van der Waals surface area contributed by atoms with E-state index in [1.807, 2.05) is 6.20 Å². The Morgan fingerprint density at radius 2 is 1.78 bits per heavy atom. The fourth-order valence-electron chi connectivity index (χ4n) is 4.17. The maximum Gasteiger partial charge on any atom is 0.0907 e. The minimum absolute atomic E-state index is 0.641. The zero-order valence-corrected chi connectivity index (χ0v) is 13.9. The fourth-order valence-corrected chi connectivity index (χ4v) is 4.17. The molecular weight excluding hydrogens is 282 g/mol. The minimum atomic E-state index is 0.641. The van der Waals surface area contributed by atoms with Crippen LogP contribution < -0.4 is 5.32 Å². The van der Waals surface area contributed by atoms with Gasteiger partial charge in [0, 0.05) is 18.4 Å². The molecule has 0 radical (unpaired) electrons. The molecule has 0 aromatic carbocycles. The molecule has 2 aliphatic carbocycles. The van der Waals surface area contributed by atoms with Crippen molar-refractivity contribution in [2.24, 2.45) is 4.99 Å². The van der Waals surface area contributed by atoms with Gasteiger partial charge in [-0.1, -0.05) is 25.7 Å². The molecule has 23 heavy (non-hydrogen) atoms. The van der Waals surface area contributed by atoms with Crippen LogP contribution in [0.5, 0.6) is 0 Å². The quantitative estimate of drug-likeness (QED) is 0.770. The van der Waals surface area contributed by atoms with Gasteiger partial charge in [-0.05, 0) is 61.8 Å². The predicted octanol–water partition coefficient (Wildman–Crippen LogP) is 4.84. The van der Waals surface area contributed by atoms with E-state index in [9.17, 15) is 0 Å². The van der Waals surface area contributed by atoms with Gasteiger partial charge in [0.25, 0.3) is 0 Å². The zero-order chi connectivity index (χ0) is 15.5. The van der Waals surface area contributed by atoms with E-state index in [-0.39, 0.29) is 0 Å². The van der Waals surface area contributed by atoms with Crippen LogP contribution in [-0.4, -0.2) is 16.7 Å². The maximum absolute atomic E-state index is 4.99. The summed E-state index contributed by atoms with van der Waals surface area (Å²) >= 11 is 0. The molecule has 4 rings (SSSR count). The molecule has 1 aliphatic heterocycles. The van der Waals surface area contributed by atoms with Gasteiger partial charge in [0.2, 0.25) is 0 Å². The lowest BCUT2D eigenvalue weighted by molar-refractivity contribution is 0.515. The third-order valence-corrected chi connectivity index (χ3v) is 5.46. The van der Waals surface area contributed by atoms with Crippen LogP contribution in [0.25, 0.3) is 0 Å². The van der Waals surface area contributed by atoms with Crippen molar-refractivity contribution in [3.05, 3.63) is 47.1 Å². The van der Waals surface area contributed by atoms with Crippen molar-refractivity contribution in [3.8, 4) is 0 Å². The first-order chi connectivity index (χ1) is 11.4. The van der Waals surface area contributed by atoms with Crippen LogP contribution >= 0.6 is 0 Å². The summed E-state index contributed by atoms with van der Waals surface area (Å²) in [6.07, 6.45) is 17.3. The SMILES string of the molecule is C(NC1CCCCCC1)=C1N=C(c2ccc[nH]2)C2=C1CCCC2. The Hall–Kier alpha value is -1.77. The lowest BCUT2D eigenvalue weighted by Gasteiger charge is -2.17. The van der Waals surface area contributed by atoms with Crippen molar-refractivity contribution >= 4 is 5.71 Å². The standard InChI is InChI=1S/C20H27N3/c1-2-4-9-15(8-3-1)22-14-19-16-10-5-6-11-17(16)20(23-19)18-12-7-13-21-18/h7,12-15,21-22H,1-6,8-11H2. The number of aromatic nitrogens is 1. The highest BCUT2D eigenvalue weighted by atomic mass is 14.9. The van der Waals surface area contributed by atoms with E-state index in [2.05, 4.69) is 28.6 Å². The second kappa shape index (κ2) is 6.77. The molecule has 2 N–H and O–H groups in total. The molecular formula is C20H27N3. The average Bonchev–Trinajstić information content (AvgIpc) is 3.15. The van der Waals surface area contributed by atoms with E-state index < -0.39 is 0 Å². The van der Waals surface area contributed by atoms with Crippen LogP contribution in [0, 0.1) is 0 Å². The van der Waals surface area contributed by atoms with Gasteiger partial charge in [0.05, 0.1) is 17.1 Å². The Kier molecular flexibility index (Phi) is 4.36. The van der Waals surface area contributed by atoms with E-state index in [1.165, 1.54) is 86.8 Å². The third-order valence-electron chi connectivity index (χ3n) is 5.46. The summed E-state index contributed by atoms with van der Waals surface area (Å²) in [6, 6.07) is 4.84. The number of H-pyrrole nitrogens is 1. The Morgan fingerprint density at radius 1 is 1.00 bits per heavy atom. The van der Waals surface area contributed by atoms with E-state index >= 15 is 0 Å². The molecule has 1 aromatic rings. The molecule has 3 heteroatoms. The molecule has 1 saturated carbocycles. The fraction of sp³-hybridized carbons (Fsp3) is 0.550. The molecule has 0 bridgehead atoms. The molecule has 3 aliphatic rings. The van der Waals surface area contributed by atoms with Crippen LogP contribution in [-0.2, 0) is 0 Å². The normalized spacial score (nSPS) is 24.5. The number of hydrogen-bond donors (Lipinski definition) is 2. The van der Waals surface area contributed by atoms with Crippen LogP contribution in [0.2, 0.25) is 0 Å². The largest absolute Gasteiger partial charge is 0.386 e. The van der Waals surface area contributed by atoms with Crippen LogP contribution in [0.3, 0.4) is 0 Å². The molecule has 0 spiro atoms. The Balaban J connectivity index is 1.57.